The van der Waals surface area contributed by atoms with Crippen molar-refractivity contribution in [3.63, 3.8) is 0 Å². The Labute approximate surface area is 121 Å². The van der Waals surface area contributed by atoms with Crippen LogP contribution in [0.25, 0.3) is 0 Å². The second kappa shape index (κ2) is 7.02. The smallest absolute Gasteiger partial charge is 0.270 e. The Hall–Kier alpha value is -1.16. The van der Waals surface area contributed by atoms with Gasteiger partial charge in [0.15, 0.2) is 0 Å². The first kappa shape index (κ1) is 16.9. The minimum Gasteiger partial charge on any atom is -0.395 e. The van der Waals surface area contributed by atoms with Gasteiger partial charge in [-0.2, -0.15) is 11.8 Å². The van der Waals surface area contributed by atoms with Crippen LogP contribution in [0.1, 0.15) is 6.92 Å². The zero-order valence-corrected chi connectivity index (χ0v) is 12.6. The molecule has 0 aromatic heterocycles. The lowest BCUT2D eigenvalue weighted by molar-refractivity contribution is -0.385. The number of aliphatic hydroxyl groups is 1. The first-order chi connectivity index (χ1) is 9.31. The topological polar surface area (TPSA) is 110 Å². The average molecular weight is 320 g/mol. The van der Waals surface area contributed by atoms with Gasteiger partial charge in [-0.3, -0.25) is 10.1 Å². The first-order valence-corrected chi connectivity index (χ1v) is 8.49. The lowest BCUT2D eigenvalue weighted by atomic mass is 10.3. The molecular formula is C11H16N2O5S2. The maximum Gasteiger partial charge on any atom is 0.270 e. The molecule has 1 aromatic rings. The van der Waals surface area contributed by atoms with Crippen molar-refractivity contribution in [2.45, 2.75) is 23.1 Å². The SMILES string of the molecule is CSC(CO)C(C)NS(=O)(=O)c1cccc([N+](=O)[O-])c1. The third-order valence-corrected chi connectivity index (χ3v) is 5.44. The predicted molar refractivity (Wildman–Crippen MR) is 77.3 cm³/mol. The van der Waals surface area contributed by atoms with Gasteiger partial charge in [0.05, 0.1) is 16.4 Å². The fraction of sp³-hybridized carbons (Fsp3) is 0.455. The van der Waals surface area contributed by atoms with Crippen LogP contribution in [-0.4, -0.2) is 42.6 Å². The Balaban J connectivity index is 2.99. The van der Waals surface area contributed by atoms with Gasteiger partial charge in [0.1, 0.15) is 0 Å². The van der Waals surface area contributed by atoms with E-state index >= 15 is 0 Å². The number of nitro groups is 1. The van der Waals surface area contributed by atoms with E-state index in [4.69, 9.17) is 5.11 Å². The number of rotatable bonds is 7. The second-order valence-corrected chi connectivity index (χ2v) is 6.91. The molecule has 2 unspecified atom stereocenters. The van der Waals surface area contributed by atoms with Gasteiger partial charge in [-0.1, -0.05) is 6.07 Å². The van der Waals surface area contributed by atoms with Crippen molar-refractivity contribution in [3.05, 3.63) is 34.4 Å². The van der Waals surface area contributed by atoms with Crippen LogP contribution in [0.5, 0.6) is 0 Å². The minimum absolute atomic E-state index is 0.167. The molecule has 0 heterocycles. The molecule has 0 saturated carbocycles. The van der Waals surface area contributed by atoms with Gasteiger partial charge in [-0.15, -0.1) is 0 Å². The fourth-order valence-corrected chi connectivity index (χ4v) is 3.62. The molecule has 2 N–H and O–H groups in total. The number of nitrogens with zero attached hydrogens (tertiary/aromatic N) is 1. The molecule has 0 bridgehead atoms. The van der Waals surface area contributed by atoms with Gasteiger partial charge in [0, 0.05) is 23.4 Å². The predicted octanol–water partition coefficient (Wildman–Crippen LogP) is 0.985. The fourth-order valence-electron chi connectivity index (χ4n) is 1.59. The number of hydrogen-bond acceptors (Lipinski definition) is 6. The molecule has 20 heavy (non-hydrogen) atoms. The lowest BCUT2D eigenvalue weighted by Gasteiger charge is -2.21. The molecular weight excluding hydrogens is 304 g/mol. The van der Waals surface area contributed by atoms with E-state index in [2.05, 4.69) is 4.72 Å². The molecule has 1 aromatic carbocycles. The highest BCUT2D eigenvalue weighted by Gasteiger charge is 2.24. The van der Waals surface area contributed by atoms with Crippen LogP contribution < -0.4 is 4.72 Å². The van der Waals surface area contributed by atoms with Crippen LogP contribution in [0.15, 0.2) is 29.2 Å². The molecule has 0 aliphatic carbocycles. The van der Waals surface area contributed by atoms with Gasteiger partial charge < -0.3 is 5.11 Å². The average Bonchev–Trinajstić information content (AvgIpc) is 2.39. The summed E-state index contributed by atoms with van der Waals surface area (Å²) in [5.41, 5.74) is -0.288. The Morgan fingerprint density at radius 1 is 1.50 bits per heavy atom. The van der Waals surface area contributed by atoms with Crippen molar-refractivity contribution in [3.8, 4) is 0 Å². The summed E-state index contributed by atoms with van der Waals surface area (Å²) in [6, 6.07) is 4.33. The second-order valence-electron chi connectivity index (χ2n) is 4.12. The molecule has 0 aliphatic heterocycles. The molecule has 2 atom stereocenters. The van der Waals surface area contributed by atoms with Crippen LogP contribution in [0.3, 0.4) is 0 Å². The van der Waals surface area contributed by atoms with Gasteiger partial charge in [-0.25, -0.2) is 13.1 Å². The highest BCUT2D eigenvalue weighted by atomic mass is 32.2. The molecule has 0 amide bonds. The Bertz CT molecular complexity index is 572. The third kappa shape index (κ3) is 4.17. The number of sulfonamides is 1. The Kier molecular flexibility index (Phi) is 5.93. The number of benzene rings is 1. The van der Waals surface area contributed by atoms with E-state index in [1.807, 2.05) is 0 Å². The molecule has 0 spiro atoms. The summed E-state index contributed by atoms with van der Waals surface area (Å²) in [6.07, 6.45) is 1.76. The molecule has 0 saturated heterocycles. The molecule has 0 aliphatic rings. The standard InChI is InChI=1S/C11H16N2O5S2/c1-8(11(7-14)19-2)12-20(17,18)10-5-3-4-9(6-10)13(15)16/h3-6,8,11-12,14H,7H2,1-2H3. The van der Waals surface area contributed by atoms with Crippen LogP contribution in [-0.2, 0) is 10.0 Å². The summed E-state index contributed by atoms with van der Waals surface area (Å²) < 4.78 is 26.7. The highest BCUT2D eigenvalue weighted by Crippen LogP contribution is 2.19. The summed E-state index contributed by atoms with van der Waals surface area (Å²) in [4.78, 5) is 9.84. The van der Waals surface area contributed by atoms with Gasteiger partial charge in [0.25, 0.3) is 5.69 Å². The van der Waals surface area contributed by atoms with E-state index in [1.54, 1.807) is 13.2 Å². The highest BCUT2D eigenvalue weighted by molar-refractivity contribution is 7.99. The van der Waals surface area contributed by atoms with E-state index in [0.29, 0.717) is 0 Å². The number of nitro benzene ring substituents is 1. The largest absolute Gasteiger partial charge is 0.395 e. The van der Waals surface area contributed by atoms with Crippen LogP contribution in [0.4, 0.5) is 5.69 Å². The molecule has 0 fully saturated rings. The summed E-state index contributed by atoms with van der Waals surface area (Å²) >= 11 is 1.34. The van der Waals surface area contributed by atoms with E-state index < -0.39 is 21.0 Å². The number of thioether (sulfide) groups is 1. The van der Waals surface area contributed by atoms with E-state index in [1.165, 1.54) is 30.0 Å². The Morgan fingerprint density at radius 3 is 2.65 bits per heavy atom. The van der Waals surface area contributed by atoms with E-state index in [9.17, 15) is 18.5 Å². The quantitative estimate of drug-likeness (QED) is 0.572. The first-order valence-electron chi connectivity index (χ1n) is 5.72. The van der Waals surface area contributed by atoms with Crippen molar-refractivity contribution >= 4 is 27.5 Å². The van der Waals surface area contributed by atoms with E-state index in [0.717, 1.165) is 6.07 Å². The summed E-state index contributed by atoms with van der Waals surface area (Å²) in [7, 11) is -3.86. The minimum atomic E-state index is -3.86. The number of nitrogens with one attached hydrogen (secondary N) is 1. The van der Waals surface area contributed by atoms with Gasteiger partial charge >= 0.3 is 0 Å². The monoisotopic (exact) mass is 320 g/mol. The van der Waals surface area contributed by atoms with Crippen molar-refractivity contribution < 1.29 is 18.4 Å². The van der Waals surface area contributed by atoms with Crippen molar-refractivity contribution in [2.24, 2.45) is 0 Å². The van der Waals surface area contributed by atoms with Crippen LogP contribution in [0, 0.1) is 10.1 Å². The number of non-ortho nitro benzene ring substituents is 1. The summed E-state index contributed by atoms with van der Waals surface area (Å²) in [6.45, 7) is 1.46. The zero-order chi connectivity index (χ0) is 15.3. The number of hydrogen-bond donors (Lipinski definition) is 2. The van der Waals surface area contributed by atoms with Crippen LogP contribution >= 0.6 is 11.8 Å². The van der Waals surface area contributed by atoms with Crippen LogP contribution in [0.2, 0.25) is 0 Å². The van der Waals surface area contributed by atoms with E-state index in [-0.39, 0.29) is 22.4 Å². The van der Waals surface area contributed by atoms with Gasteiger partial charge in [0.2, 0.25) is 10.0 Å². The summed E-state index contributed by atoms with van der Waals surface area (Å²) in [5.74, 6) is 0. The maximum atomic E-state index is 12.1. The molecule has 0 radical (unpaired) electrons. The van der Waals surface area contributed by atoms with Crippen molar-refractivity contribution in [1.82, 2.24) is 4.72 Å². The van der Waals surface area contributed by atoms with Gasteiger partial charge in [-0.05, 0) is 19.2 Å². The third-order valence-electron chi connectivity index (χ3n) is 2.72. The molecule has 112 valence electrons. The number of aliphatic hydroxyl groups excluding tert-OH is 1. The molecule has 1 rings (SSSR count). The van der Waals surface area contributed by atoms with Crippen molar-refractivity contribution in [1.29, 1.82) is 0 Å². The van der Waals surface area contributed by atoms with Crippen molar-refractivity contribution in [2.75, 3.05) is 12.9 Å². The Morgan fingerprint density at radius 2 is 2.15 bits per heavy atom. The normalized spacial score (nSPS) is 14.8. The lowest BCUT2D eigenvalue weighted by Crippen LogP contribution is -2.41. The maximum absolute atomic E-state index is 12.1. The molecule has 7 nitrogen and oxygen atoms in total. The zero-order valence-electron chi connectivity index (χ0n) is 11.0. The summed E-state index contributed by atoms with van der Waals surface area (Å²) in [5, 5.41) is 19.5. The molecule has 9 heteroatoms.